The Balaban J connectivity index is 1.71. The lowest BCUT2D eigenvalue weighted by Gasteiger charge is -2.23. The first-order valence-corrected chi connectivity index (χ1v) is 9.52. The van der Waals surface area contributed by atoms with E-state index >= 15 is 0 Å². The number of hydrogen-bond acceptors (Lipinski definition) is 6. The summed E-state index contributed by atoms with van der Waals surface area (Å²) in [7, 11) is -3.15. The SMILES string of the molecule is C[C@]1(NC(=O)COC(=O)CNC(=O)c2ccccc2)CCS(=O)(=O)C1. The molecule has 2 rings (SSSR count). The van der Waals surface area contributed by atoms with Crippen molar-refractivity contribution in [1.82, 2.24) is 10.6 Å². The van der Waals surface area contributed by atoms with Crippen molar-refractivity contribution in [1.29, 1.82) is 0 Å². The lowest BCUT2D eigenvalue weighted by molar-refractivity contribution is -0.147. The number of carbonyl (C=O) groups is 3. The van der Waals surface area contributed by atoms with E-state index in [0.717, 1.165) is 0 Å². The Hall–Kier alpha value is -2.42. The number of esters is 1. The van der Waals surface area contributed by atoms with E-state index in [2.05, 4.69) is 10.6 Å². The van der Waals surface area contributed by atoms with Crippen LogP contribution in [0.1, 0.15) is 23.7 Å². The van der Waals surface area contributed by atoms with E-state index in [1.165, 1.54) is 0 Å². The van der Waals surface area contributed by atoms with Gasteiger partial charge < -0.3 is 15.4 Å². The molecule has 1 atom stereocenters. The summed E-state index contributed by atoms with van der Waals surface area (Å²) < 4.78 is 27.7. The third-order valence-electron chi connectivity index (χ3n) is 3.74. The van der Waals surface area contributed by atoms with Crippen LogP contribution in [0.4, 0.5) is 0 Å². The maximum atomic E-state index is 11.8. The Labute approximate surface area is 145 Å². The van der Waals surface area contributed by atoms with E-state index < -0.39 is 39.8 Å². The number of amides is 2. The molecule has 0 unspecified atom stereocenters. The first-order valence-electron chi connectivity index (χ1n) is 7.69. The Morgan fingerprint density at radius 1 is 1.20 bits per heavy atom. The highest BCUT2D eigenvalue weighted by molar-refractivity contribution is 7.91. The molecule has 0 aliphatic carbocycles. The summed E-state index contributed by atoms with van der Waals surface area (Å²) in [6.45, 7) is 0.736. The molecule has 0 saturated carbocycles. The van der Waals surface area contributed by atoms with Crippen LogP contribution in [0.25, 0.3) is 0 Å². The summed E-state index contributed by atoms with van der Waals surface area (Å²) in [6, 6.07) is 8.36. The number of ether oxygens (including phenoxy) is 1. The van der Waals surface area contributed by atoms with Gasteiger partial charge in [-0.25, -0.2) is 8.42 Å². The molecule has 1 heterocycles. The molecule has 1 saturated heterocycles. The zero-order chi connectivity index (χ0) is 18.5. The molecule has 0 radical (unpaired) electrons. The van der Waals surface area contributed by atoms with Gasteiger partial charge in [0.25, 0.3) is 11.8 Å². The van der Waals surface area contributed by atoms with E-state index in [1.807, 2.05) is 0 Å². The smallest absolute Gasteiger partial charge is 0.325 e. The van der Waals surface area contributed by atoms with Crippen molar-refractivity contribution >= 4 is 27.6 Å². The first-order chi connectivity index (χ1) is 11.7. The van der Waals surface area contributed by atoms with Crippen LogP contribution in [0.15, 0.2) is 30.3 Å². The Morgan fingerprint density at radius 3 is 2.48 bits per heavy atom. The van der Waals surface area contributed by atoms with Gasteiger partial charge in [0.1, 0.15) is 6.54 Å². The summed E-state index contributed by atoms with van der Waals surface area (Å²) in [5.74, 6) is -1.88. The maximum absolute atomic E-state index is 11.8. The fourth-order valence-corrected chi connectivity index (χ4v) is 4.62. The summed E-state index contributed by atoms with van der Waals surface area (Å²) in [6.07, 6.45) is 0.322. The van der Waals surface area contributed by atoms with E-state index in [1.54, 1.807) is 37.3 Å². The van der Waals surface area contributed by atoms with Gasteiger partial charge in [0.2, 0.25) is 0 Å². The van der Waals surface area contributed by atoms with Crippen LogP contribution in [-0.4, -0.2) is 56.4 Å². The molecule has 2 amide bonds. The van der Waals surface area contributed by atoms with Crippen LogP contribution < -0.4 is 10.6 Å². The van der Waals surface area contributed by atoms with Crippen LogP contribution in [0.2, 0.25) is 0 Å². The van der Waals surface area contributed by atoms with Crippen LogP contribution in [0.5, 0.6) is 0 Å². The second-order valence-electron chi connectivity index (χ2n) is 6.16. The largest absolute Gasteiger partial charge is 0.454 e. The first kappa shape index (κ1) is 18.9. The lowest BCUT2D eigenvalue weighted by atomic mass is 10.0. The molecule has 8 nitrogen and oxygen atoms in total. The van der Waals surface area contributed by atoms with E-state index in [0.29, 0.717) is 12.0 Å². The third-order valence-corrected chi connectivity index (χ3v) is 5.64. The number of nitrogens with one attached hydrogen (secondary N) is 2. The second-order valence-corrected chi connectivity index (χ2v) is 8.34. The lowest BCUT2D eigenvalue weighted by Crippen LogP contribution is -2.48. The Bertz CT molecular complexity index is 762. The van der Waals surface area contributed by atoms with Crippen molar-refractivity contribution < 1.29 is 27.5 Å². The molecular weight excluding hydrogens is 348 g/mol. The normalized spacial score (nSPS) is 21.3. The van der Waals surface area contributed by atoms with Crippen LogP contribution in [0, 0.1) is 0 Å². The van der Waals surface area contributed by atoms with Crippen molar-refractivity contribution in [2.24, 2.45) is 0 Å². The van der Waals surface area contributed by atoms with Gasteiger partial charge in [-0.05, 0) is 25.5 Å². The molecule has 1 aliphatic rings. The van der Waals surface area contributed by atoms with E-state index in [-0.39, 0.29) is 18.1 Å². The summed E-state index contributed by atoms with van der Waals surface area (Å²) >= 11 is 0. The molecule has 136 valence electrons. The minimum Gasteiger partial charge on any atom is -0.454 e. The fourth-order valence-electron chi connectivity index (χ4n) is 2.52. The minimum absolute atomic E-state index is 0.0229. The van der Waals surface area contributed by atoms with E-state index in [9.17, 15) is 22.8 Å². The average Bonchev–Trinajstić information content (AvgIpc) is 2.84. The maximum Gasteiger partial charge on any atom is 0.325 e. The molecule has 9 heteroatoms. The molecule has 0 bridgehead atoms. The van der Waals surface area contributed by atoms with Gasteiger partial charge in [0.05, 0.1) is 17.0 Å². The molecular formula is C16H20N2O6S. The molecule has 0 spiro atoms. The van der Waals surface area contributed by atoms with Crippen molar-refractivity contribution in [2.75, 3.05) is 24.7 Å². The zero-order valence-corrected chi connectivity index (χ0v) is 14.6. The second kappa shape index (κ2) is 7.64. The number of hydrogen-bond donors (Lipinski definition) is 2. The van der Waals surface area contributed by atoms with Crippen molar-refractivity contribution in [3.8, 4) is 0 Å². The van der Waals surface area contributed by atoms with Crippen molar-refractivity contribution in [3.63, 3.8) is 0 Å². The standard InChI is InChI=1S/C16H20N2O6S/c1-16(7-8-25(22,23)11-16)18-13(19)10-24-14(20)9-17-15(21)12-5-3-2-4-6-12/h2-6H,7-11H2,1H3,(H,17,21)(H,18,19)/t16-/m0/s1. The zero-order valence-electron chi connectivity index (χ0n) is 13.8. The molecule has 1 aromatic rings. The number of benzene rings is 1. The highest BCUT2D eigenvalue weighted by Crippen LogP contribution is 2.22. The quantitative estimate of drug-likeness (QED) is 0.663. The van der Waals surface area contributed by atoms with Gasteiger partial charge in [0.15, 0.2) is 16.4 Å². The van der Waals surface area contributed by atoms with Crippen molar-refractivity contribution in [3.05, 3.63) is 35.9 Å². The van der Waals surface area contributed by atoms with Crippen LogP contribution in [-0.2, 0) is 24.2 Å². The predicted octanol–water partition coefficient (Wildman–Crippen LogP) is -0.347. The summed E-state index contributed by atoms with van der Waals surface area (Å²) in [4.78, 5) is 35.2. The minimum atomic E-state index is -3.15. The Kier molecular flexibility index (Phi) is 5.78. The molecule has 25 heavy (non-hydrogen) atoms. The monoisotopic (exact) mass is 368 g/mol. The Morgan fingerprint density at radius 2 is 1.88 bits per heavy atom. The van der Waals surface area contributed by atoms with Gasteiger partial charge >= 0.3 is 5.97 Å². The summed E-state index contributed by atoms with van der Waals surface area (Å²) in [5, 5.41) is 4.96. The third kappa shape index (κ3) is 5.86. The van der Waals surface area contributed by atoms with Gasteiger partial charge in [-0.2, -0.15) is 0 Å². The summed E-state index contributed by atoms with van der Waals surface area (Å²) in [5.41, 5.74) is -0.437. The number of sulfone groups is 1. The van der Waals surface area contributed by atoms with Gasteiger partial charge in [-0.3, -0.25) is 14.4 Å². The number of rotatable bonds is 6. The molecule has 1 aromatic carbocycles. The number of carbonyl (C=O) groups excluding carboxylic acids is 3. The van der Waals surface area contributed by atoms with Crippen LogP contribution in [0.3, 0.4) is 0 Å². The molecule has 0 aromatic heterocycles. The van der Waals surface area contributed by atoms with Crippen LogP contribution >= 0.6 is 0 Å². The predicted molar refractivity (Wildman–Crippen MR) is 89.6 cm³/mol. The van der Waals surface area contributed by atoms with Gasteiger partial charge in [0, 0.05) is 5.56 Å². The van der Waals surface area contributed by atoms with Gasteiger partial charge in [-0.15, -0.1) is 0 Å². The highest BCUT2D eigenvalue weighted by Gasteiger charge is 2.39. The molecule has 1 fully saturated rings. The van der Waals surface area contributed by atoms with Gasteiger partial charge in [-0.1, -0.05) is 18.2 Å². The molecule has 1 aliphatic heterocycles. The highest BCUT2D eigenvalue weighted by atomic mass is 32.2. The topological polar surface area (TPSA) is 119 Å². The fraction of sp³-hybridized carbons (Fsp3) is 0.438. The average molecular weight is 368 g/mol. The van der Waals surface area contributed by atoms with Crippen molar-refractivity contribution in [2.45, 2.75) is 18.9 Å². The molecule has 2 N–H and O–H groups in total. The van der Waals surface area contributed by atoms with E-state index in [4.69, 9.17) is 4.74 Å².